The predicted molar refractivity (Wildman–Crippen MR) is 52.9 cm³/mol. The molecule has 4 heteroatoms. The Labute approximate surface area is 81.7 Å². The first-order valence-electron chi connectivity index (χ1n) is 4.07. The molecule has 1 aromatic rings. The molecule has 0 radical (unpaired) electrons. The van der Waals surface area contributed by atoms with E-state index in [1.165, 1.54) is 24.0 Å². The number of hydrogen-bond donors (Lipinski definition) is 1. The van der Waals surface area contributed by atoms with E-state index < -0.39 is 0 Å². The maximum atomic E-state index is 11.3. The monoisotopic (exact) mass is 199 g/mol. The van der Waals surface area contributed by atoms with Crippen LogP contribution in [0.4, 0.5) is 0 Å². The minimum Gasteiger partial charge on any atom is -0.277 e. The number of nitrogens with one attached hydrogen (secondary N) is 1. The molecule has 0 atom stereocenters. The van der Waals surface area contributed by atoms with Gasteiger partial charge in [0, 0.05) is 0 Å². The van der Waals surface area contributed by atoms with E-state index in [0.717, 1.165) is 0 Å². The van der Waals surface area contributed by atoms with Crippen LogP contribution in [0.5, 0.6) is 0 Å². The van der Waals surface area contributed by atoms with Crippen LogP contribution in [0.25, 0.3) is 0 Å². The number of carbonyl (C=O) groups excluding carboxylic acids is 1. The van der Waals surface area contributed by atoms with Crippen molar-refractivity contribution in [1.29, 1.82) is 0 Å². The van der Waals surface area contributed by atoms with Crippen LogP contribution in [0.2, 0.25) is 0 Å². The largest absolute Gasteiger partial charge is 0.284 e. The van der Waals surface area contributed by atoms with Crippen LogP contribution in [0.3, 0.4) is 0 Å². The van der Waals surface area contributed by atoms with Gasteiger partial charge in [0.1, 0.15) is 0 Å². The number of hydrogen-bond acceptors (Lipinski definition) is 3. The number of amides is 1. The Morgan fingerprint density at radius 1 is 1.62 bits per heavy atom. The van der Waals surface area contributed by atoms with Crippen molar-refractivity contribution in [3.05, 3.63) is 21.9 Å². The standard InChI is InChI=1S/C9H13NO2S/c1-6(2)7-4-8(13-5-7)9(11)10-12-3/h4-6H,1-3H3,(H,10,11). The first-order valence-corrected chi connectivity index (χ1v) is 4.95. The lowest BCUT2D eigenvalue weighted by molar-refractivity contribution is 0.0542. The molecule has 3 nitrogen and oxygen atoms in total. The fraction of sp³-hybridized carbons (Fsp3) is 0.444. The van der Waals surface area contributed by atoms with Crippen molar-refractivity contribution < 1.29 is 9.63 Å². The van der Waals surface area contributed by atoms with E-state index in [-0.39, 0.29) is 5.91 Å². The van der Waals surface area contributed by atoms with Crippen LogP contribution in [-0.2, 0) is 4.84 Å². The molecule has 72 valence electrons. The van der Waals surface area contributed by atoms with Gasteiger partial charge in [0.25, 0.3) is 5.91 Å². The summed E-state index contributed by atoms with van der Waals surface area (Å²) < 4.78 is 0. The highest BCUT2D eigenvalue weighted by atomic mass is 32.1. The lowest BCUT2D eigenvalue weighted by atomic mass is 10.1. The summed E-state index contributed by atoms with van der Waals surface area (Å²) >= 11 is 1.43. The normalized spacial score (nSPS) is 10.5. The smallest absolute Gasteiger partial charge is 0.277 e. The molecule has 0 bridgehead atoms. The molecule has 1 heterocycles. The Morgan fingerprint density at radius 2 is 2.31 bits per heavy atom. The van der Waals surface area contributed by atoms with Crippen molar-refractivity contribution in [2.45, 2.75) is 19.8 Å². The van der Waals surface area contributed by atoms with Gasteiger partial charge in [-0.1, -0.05) is 13.8 Å². The molecule has 0 aromatic carbocycles. The van der Waals surface area contributed by atoms with Crippen LogP contribution in [0.15, 0.2) is 11.4 Å². The summed E-state index contributed by atoms with van der Waals surface area (Å²) in [6.07, 6.45) is 0. The Balaban J connectivity index is 2.73. The Kier molecular flexibility index (Phi) is 3.45. The quantitative estimate of drug-likeness (QED) is 0.757. The topological polar surface area (TPSA) is 38.3 Å². The van der Waals surface area contributed by atoms with E-state index in [1.54, 1.807) is 0 Å². The molecule has 0 fully saturated rings. The Hall–Kier alpha value is -0.870. The highest BCUT2D eigenvalue weighted by molar-refractivity contribution is 7.12. The summed E-state index contributed by atoms with van der Waals surface area (Å²) in [6, 6.07) is 1.89. The SMILES string of the molecule is CONC(=O)c1cc(C(C)C)cs1. The molecule has 0 saturated carbocycles. The van der Waals surface area contributed by atoms with Crippen molar-refractivity contribution in [3.63, 3.8) is 0 Å². The van der Waals surface area contributed by atoms with Crippen molar-refractivity contribution in [2.24, 2.45) is 0 Å². The van der Waals surface area contributed by atoms with Gasteiger partial charge in [-0.2, -0.15) is 0 Å². The molecule has 13 heavy (non-hydrogen) atoms. The highest BCUT2D eigenvalue weighted by Crippen LogP contribution is 2.21. The van der Waals surface area contributed by atoms with Crippen LogP contribution in [-0.4, -0.2) is 13.0 Å². The summed E-state index contributed by atoms with van der Waals surface area (Å²) in [5.74, 6) is 0.278. The van der Waals surface area contributed by atoms with Gasteiger partial charge in [-0.25, -0.2) is 5.48 Å². The molecule has 1 N–H and O–H groups in total. The second-order valence-corrected chi connectivity index (χ2v) is 3.95. The number of carbonyl (C=O) groups is 1. The van der Waals surface area contributed by atoms with Gasteiger partial charge in [0.15, 0.2) is 0 Å². The molecular formula is C9H13NO2S. The molecule has 0 spiro atoms. The Morgan fingerprint density at radius 3 is 2.77 bits per heavy atom. The van der Waals surface area contributed by atoms with Gasteiger partial charge in [-0.15, -0.1) is 11.3 Å². The van der Waals surface area contributed by atoms with Gasteiger partial charge >= 0.3 is 0 Å². The van der Waals surface area contributed by atoms with E-state index in [4.69, 9.17) is 0 Å². The molecule has 1 amide bonds. The van der Waals surface area contributed by atoms with Crippen molar-refractivity contribution in [3.8, 4) is 0 Å². The fourth-order valence-electron chi connectivity index (χ4n) is 0.916. The fourth-order valence-corrected chi connectivity index (χ4v) is 1.87. The van der Waals surface area contributed by atoms with Crippen LogP contribution >= 0.6 is 11.3 Å². The first kappa shape index (κ1) is 10.2. The van der Waals surface area contributed by atoms with Gasteiger partial charge < -0.3 is 0 Å². The molecule has 0 unspecified atom stereocenters. The van der Waals surface area contributed by atoms with Gasteiger partial charge in [0.2, 0.25) is 0 Å². The van der Waals surface area contributed by atoms with Crippen LogP contribution < -0.4 is 5.48 Å². The number of hydroxylamine groups is 1. The predicted octanol–water partition coefficient (Wildman–Crippen LogP) is 2.16. The van der Waals surface area contributed by atoms with Gasteiger partial charge in [-0.3, -0.25) is 9.63 Å². The highest BCUT2D eigenvalue weighted by Gasteiger charge is 2.09. The van der Waals surface area contributed by atoms with E-state index in [9.17, 15) is 4.79 Å². The lowest BCUT2D eigenvalue weighted by Gasteiger charge is -1.99. The zero-order valence-electron chi connectivity index (χ0n) is 7.96. The zero-order chi connectivity index (χ0) is 9.84. The second kappa shape index (κ2) is 4.39. The third-order valence-corrected chi connectivity index (χ3v) is 2.65. The van der Waals surface area contributed by atoms with E-state index >= 15 is 0 Å². The van der Waals surface area contributed by atoms with Crippen molar-refractivity contribution >= 4 is 17.2 Å². The molecule has 0 aliphatic heterocycles. The van der Waals surface area contributed by atoms with Crippen molar-refractivity contribution in [2.75, 3.05) is 7.11 Å². The van der Waals surface area contributed by atoms with Crippen LogP contribution in [0, 0.1) is 0 Å². The van der Waals surface area contributed by atoms with Crippen molar-refractivity contribution in [1.82, 2.24) is 5.48 Å². The second-order valence-electron chi connectivity index (χ2n) is 3.03. The summed E-state index contributed by atoms with van der Waals surface area (Å²) in [6.45, 7) is 4.19. The van der Waals surface area contributed by atoms with E-state index in [0.29, 0.717) is 10.8 Å². The maximum Gasteiger partial charge on any atom is 0.284 e. The van der Waals surface area contributed by atoms with E-state index in [2.05, 4.69) is 24.2 Å². The molecule has 0 aliphatic carbocycles. The average Bonchev–Trinajstić information content (AvgIpc) is 2.52. The third-order valence-electron chi connectivity index (χ3n) is 1.70. The summed E-state index contributed by atoms with van der Waals surface area (Å²) in [7, 11) is 1.43. The lowest BCUT2D eigenvalue weighted by Crippen LogP contribution is -2.20. The zero-order valence-corrected chi connectivity index (χ0v) is 8.77. The Bertz CT molecular complexity index is 294. The van der Waals surface area contributed by atoms with Gasteiger partial charge in [-0.05, 0) is 22.9 Å². The minimum absolute atomic E-state index is 0.181. The third kappa shape index (κ3) is 2.54. The molecule has 0 aliphatic rings. The molecular weight excluding hydrogens is 186 g/mol. The maximum absolute atomic E-state index is 11.3. The van der Waals surface area contributed by atoms with Gasteiger partial charge in [0.05, 0.1) is 12.0 Å². The summed E-state index contributed by atoms with van der Waals surface area (Å²) in [5, 5.41) is 2.00. The summed E-state index contributed by atoms with van der Waals surface area (Å²) in [4.78, 5) is 16.5. The molecule has 1 rings (SSSR count). The number of thiophene rings is 1. The summed E-state index contributed by atoms with van der Waals surface area (Å²) in [5.41, 5.74) is 3.47. The average molecular weight is 199 g/mol. The molecule has 0 saturated heterocycles. The van der Waals surface area contributed by atoms with E-state index in [1.807, 2.05) is 11.4 Å². The van der Waals surface area contributed by atoms with Crippen LogP contribution in [0.1, 0.15) is 35.0 Å². The molecule has 1 aromatic heterocycles. The first-order chi connectivity index (χ1) is 6.15. The number of rotatable bonds is 3. The minimum atomic E-state index is -0.181.